The fourth-order valence-corrected chi connectivity index (χ4v) is 1.92. The maximum atomic E-state index is 12.6. The molecular formula is C15H18F3NO4. The van der Waals surface area contributed by atoms with Gasteiger partial charge in [0.25, 0.3) is 0 Å². The number of halogens is 3. The van der Waals surface area contributed by atoms with Gasteiger partial charge in [0.15, 0.2) is 6.10 Å². The number of hydrogen-bond donors (Lipinski definition) is 2. The Balaban J connectivity index is 2.39. The molecule has 0 spiro atoms. The highest BCUT2D eigenvalue weighted by molar-refractivity contribution is 5.78. The van der Waals surface area contributed by atoms with Crippen LogP contribution in [0.25, 0.3) is 0 Å². The summed E-state index contributed by atoms with van der Waals surface area (Å²) in [5, 5.41) is 11.1. The standard InChI is InChI=1S/C15H18F3NO4/c1-23-12(14(21)22)9-19-13(20)7-3-5-10-4-2-6-11(8-10)15(16,17)18/h2,4,6,8,12H,3,5,7,9H2,1H3,(H,19,20)(H,21,22). The van der Waals surface area contributed by atoms with E-state index < -0.39 is 23.8 Å². The van der Waals surface area contributed by atoms with Crippen molar-refractivity contribution in [2.45, 2.75) is 31.5 Å². The van der Waals surface area contributed by atoms with Crippen LogP contribution in [-0.2, 0) is 26.9 Å². The molecule has 1 aromatic carbocycles. The number of nitrogens with one attached hydrogen (secondary N) is 1. The summed E-state index contributed by atoms with van der Waals surface area (Å²) in [5.74, 6) is -1.56. The van der Waals surface area contributed by atoms with Gasteiger partial charge in [0.05, 0.1) is 12.1 Å². The molecule has 128 valence electrons. The van der Waals surface area contributed by atoms with Gasteiger partial charge in [0, 0.05) is 13.5 Å². The lowest BCUT2D eigenvalue weighted by Crippen LogP contribution is -2.37. The first-order valence-corrected chi connectivity index (χ1v) is 6.92. The van der Waals surface area contributed by atoms with Gasteiger partial charge >= 0.3 is 12.1 Å². The lowest BCUT2D eigenvalue weighted by atomic mass is 10.0. The van der Waals surface area contributed by atoms with Crippen molar-refractivity contribution in [2.24, 2.45) is 0 Å². The minimum atomic E-state index is -4.39. The van der Waals surface area contributed by atoms with Gasteiger partial charge in [0.1, 0.15) is 0 Å². The topological polar surface area (TPSA) is 75.6 Å². The van der Waals surface area contributed by atoms with Crippen LogP contribution in [0.2, 0.25) is 0 Å². The van der Waals surface area contributed by atoms with Gasteiger partial charge in [-0.05, 0) is 24.5 Å². The Morgan fingerprint density at radius 3 is 2.61 bits per heavy atom. The Kier molecular flexibility index (Phi) is 7.02. The number of carbonyl (C=O) groups is 2. The number of methoxy groups -OCH3 is 1. The van der Waals surface area contributed by atoms with Crippen LogP contribution in [0.4, 0.5) is 13.2 Å². The van der Waals surface area contributed by atoms with Crippen LogP contribution in [-0.4, -0.2) is 36.7 Å². The highest BCUT2D eigenvalue weighted by Gasteiger charge is 2.30. The molecule has 0 radical (unpaired) electrons. The van der Waals surface area contributed by atoms with E-state index in [4.69, 9.17) is 5.11 Å². The Hall–Kier alpha value is -2.09. The lowest BCUT2D eigenvalue weighted by Gasteiger charge is -2.11. The Labute approximate surface area is 131 Å². The molecule has 0 aliphatic carbocycles. The van der Waals surface area contributed by atoms with Crippen LogP contribution in [0.1, 0.15) is 24.0 Å². The van der Waals surface area contributed by atoms with Crippen LogP contribution in [0, 0.1) is 0 Å². The summed E-state index contributed by atoms with van der Waals surface area (Å²) in [6.45, 7) is -0.159. The maximum Gasteiger partial charge on any atom is 0.416 e. The molecule has 0 saturated carbocycles. The minimum Gasteiger partial charge on any atom is -0.479 e. The van der Waals surface area contributed by atoms with Gasteiger partial charge in [-0.25, -0.2) is 4.79 Å². The van der Waals surface area contributed by atoms with Crippen molar-refractivity contribution >= 4 is 11.9 Å². The molecule has 8 heteroatoms. The molecule has 5 nitrogen and oxygen atoms in total. The van der Waals surface area contributed by atoms with E-state index in [2.05, 4.69) is 10.1 Å². The fourth-order valence-electron chi connectivity index (χ4n) is 1.92. The Bertz CT molecular complexity index is 546. The number of hydrogen-bond acceptors (Lipinski definition) is 3. The molecule has 2 N–H and O–H groups in total. The van der Waals surface area contributed by atoms with Crippen molar-refractivity contribution in [2.75, 3.05) is 13.7 Å². The Morgan fingerprint density at radius 2 is 2.04 bits per heavy atom. The van der Waals surface area contributed by atoms with Gasteiger partial charge in [-0.15, -0.1) is 0 Å². The van der Waals surface area contributed by atoms with Crippen LogP contribution < -0.4 is 5.32 Å². The van der Waals surface area contributed by atoms with E-state index in [1.807, 2.05) is 0 Å². The minimum absolute atomic E-state index is 0.0896. The molecule has 1 aromatic rings. The lowest BCUT2D eigenvalue weighted by molar-refractivity contribution is -0.148. The van der Waals surface area contributed by atoms with Gasteiger partial charge in [-0.3, -0.25) is 4.79 Å². The summed E-state index contributed by atoms with van der Waals surface area (Å²) in [7, 11) is 1.22. The number of benzene rings is 1. The fraction of sp³-hybridized carbons (Fsp3) is 0.467. The smallest absolute Gasteiger partial charge is 0.416 e. The highest BCUT2D eigenvalue weighted by atomic mass is 19.4. The van der Waals surface area contributed by atoms with Crippen molar-refractivity contribution < 1.29 is 32.6 Å². The first kappa shape index (κ1) is 19.0. The van der Waals surface area contributed by atoms with Gasteiger partial charge in [-0.1, -0.05) is 18.2 Å². The first-order chi connectivity index (χ1) is 10.7. The molecule has 0 fully saturated rings. The summed E-state index contributed by atoms with van der Waals surface area (Å²) < 4.78 is 42.4. The van der Waals surface area contributed by atoms with E-state index in [9.17, 15) is 22.8 Å². The zero-order chi connectivity index (χ0) is 17.5. The number of rotatable bonds is 8. The number of carboxylic acid groups (broad SMARTS) is 1. The first-order valence-electron chi connectivity index (χ1n) is 6.92. The second kappa shape index (κ2) is 8.52. The average molecular weight is 333 g/mol. The zero-order valence-corrected chi connectivity index (χ0v) is 12.5. The van der Waals surface area contributed by atoms with Gasteiger partial charge < -0.3 is 15.2 Å². The third-order valence-electron chi connectivity index (χ3n) is 3.17. The molecular weight excluding hydrogens is 315 g/mol. The number of ether oxygens (including phenoxy) is 1. The summed E-state index contributed by atoms with van der Waals surface area (Å²) in [6, 6.07) is 4.95. The molecule has 0 bridgehead atoms. The molecule has 1 atom stereocenters. The number of aryl methyl sites for hydroxylation is 1. The summed E-state index contributed by atoms with van der Waals surface area (Å²) >= 11 is 0. The second-order valence-electron chi connectivity index (χ2n) is 4.92. The summed E-state index contributed by atoms with van der Waals surface area (Å²) in [6.07, 6.45) is -4.74. The van der Waals surface area contributed by atoms with Gasteiger partial charge in [-0.2, -0.15) is 13.2 Å². The number of alkyl halides is 3. The van der Waals surface area contributed by atoms with Crippen LogP contribution in [0.15, 0.2) is 24.3 Å². The normalized spacial score (nSPS) is 12.7. The molecule has 0 aliphatic heterocycles. The summed E-state index contributed by atoms with van der Waals surface area (Å²) in [4.78, 5) is 22.2. The molecule has 1 rings (SSSR count). The Morgan fingerprint density at radius 1 is 1.35 bits per heavy atom. The predicted octanol–water partition coefficient (Wildman–Crippen LogP) is 2.24. The third-order valence-corrected chi connectivity index (χ3v) is 3.17. The predicted molar refractivity (Wildman–Crippen MR) is 75.8 cm³/mol. The van der Waals surface area contributed by atoms with Crippen molar-refractivity contribution in [3.63, 3.8) is 0 Å². The summed E-state index contributed by atoms with van der Waals surface area (Å²) in [5.41, 5.74) is -0.225. The van der Waals surface area contributed by atoms with E-state index in [0.717, 1.165) is 12.1 Å². The van der Waals surface area contributed by atoms with E-state index >= 15 is 0 Å². The van der Waals surface area contributed by atoms with Gasteiger partial charge in [0.2, 0.25) is 5.91 Å². The maximum absolute atomic E-state index is 12.6. The average Bonchev–Trinajstić information content (AvgIpc) is 2.47. The number of carboxylic acids is 1. The van der Waals surface area contributed by atoms with Crippen molar-refractivity contribution in [3.8, 4) is 0 Å². The van der Waals surface area contributed by atoms with E-state index in [1.54, 1.807) is 6.07 Å². The number of carbonyl (C=O) groups excluding carboxylic acids is 1. The highest BCUT2D eigenvalue weighted by Crippen LogP contribution is 2.29. The van der Waals surface area contributed by atoms with Crippen LogP contribution >= 0.6 is 0 Å². The van der Waals surface area contributed by atoms with Crippen molar-refractivity contribution in [3.05, 3.63) is 35.4 Å². The monoisotopic (exact) mass is 333 g/mol. The molecule has 0 aliphatic rings. The quantitative estimate of drug-likeness (QED) is 0.765. The van der Waals surface area contributed by atoms with E-state index in [-0.39, 0.29) is 18.9 Å². The SMILES string of the molecule is COC(CNC(=O)CCCc1cccc(C(F)(F)F)c1)C(=O)O. The van der Waals surface area contributed by atoms with Crippen molar-refractivity contribution in [1.82, 2.24) is 5.32 Å². The molecule has 1 unspecified atom stereocenters. The second-order valence-corrected chi connectivity index (χ2v) is 4.92. The third kappa shape index (κ3) is 6.68. The zero-order valence-electron chi connectivity index (χ0n) is 12.5. The van der Waals surface area contributed by atoms with Crippen molar-refractivity contribution in [1.29, 1.82) is 0 Å². The van der Waals surface area contributed by atoms with Crippen LogP contribution in [0.5, 0.6) is 0 Å². The molecule has 0 heterocycles. The largest absolute Gasteiger partial charge is 0.479 e. The molecule has 1 amide bonds. The van der Waals surface area contributed by atoms with E-state index in [0.29, 0.717) is 18.4 Å². The number of amides is 1. The molecule has 0 aromatic heterocycles. The molecule has 23 heavy (non-hydrogen) atoms. The van der Waals surface area contributed by atoms with Crippen LogP contribution in [0.3, 0.4) is 0 Å². The number of aliphatic carboxylic acids is 1. The van der Waals surface area contributed by atoms with E-state index in [1.165, 1.54) is 13.2 Å². The molecule has 0 saturated heterocycles.